The number of rotatable bonds is 6. The van der Waals surface area contributed by atoms with Crippen LogP contribution in [-0.2, 0) is 6.42 Å². The van der Waals surface area contributed by atoms with Crippen molar-refractivity contribution in [2.75, 3.05) is 20.8 Å². The lowest BCUT2D eigenvalue weighted by Crippen LogP contribution is -2.40. The molecule has 0 saturated carbocycles. The van der Waals surface area contributed by atoms with Gasteiger partial charge in [-0.05, 0) is 77.5 Å². The van der Waals surface area contributed by atoms with Crippen LogP contribution in [0.25, 0.3) is 0 Å². The van der Waals surface area contributed by atoms with Gasteiger partial charge in [-0.25, -0.2) is 0 Å². The minimum absolute atomic E-state index is 0.00917. The van der Waals surface area contributed by atoms with E-state index in [1.807, 2.05) is 83.1 Å². The highest BCUT2D eigenvalue weighted by Crippen LogP contribution is 2.42. The fraction of sp³-hybridized carbons (Fsp3) is 0.179. The average Bonchev–Trinajstić information content (AvgIpc) is 3.42. The number of ether oxygens (including phenoxy) is 3. The first-order chi connectivity index (χ1) is 16.7. The topological polar surface area (TPSA) is 48.0 Å². The molecule has 0 spiro atoms. The van der Waals surface area contributed by atoms with E-state index in [-0.39, 0.29) is 11.9 Å². The number of para-hydroxylation sites is 1. The summed E-state index contributed by atoms with van der Waals surface area (Å²) in [4.78, 5) is 16.8. The molecule has 34 heavy (non-hydrogen) atoms. The van der Waals surface area contributed by atoms with Crippen molar-refractivity contribution in [1.29, 1.82) is 0 Å². The molecule has 0 aliphatic carbocycles. The van der Waals surface area contributed by atoms with Gasteiger partial charge in [0.25, 0.3) is 5.91 Å². The molecule has 4 aromatic rings. The summed E-state index contributed by atoms with van der Waals surface area (Å²) in [6.45, 7) is 0.617. The van der Waals surface area contributed by atoms with Gasteiger partial charge in [-0.3, -0.25) is 4.79 Å². The third kappa shape index (κ3) is 4.24. The Balaban J connectivity index is 1.46. The lowest BCUT2D eigenvalue weighted by atomic mass is 9.90. The Labute approximate surface area is 203 Å². The molecule has 1 aliphatic heterocycles. The Morgan fingerprint density at radius 1 is 0.882 bits per heavy atom. The monoisotopic (exact) mass is 471 g/mol. The minimum atomic E-state index is -0.184. The molecule has 1 amide bonds. The van der Waals surface area contributed by atoms with Crippen molar-refractivity contribution in [2.45, 2.75) is 12.5 Å². The summed E-state index contributed by atoms with van der Waals surface area (Å²) in [5.41, 5.74) is 2.88. The maximum absolute atomic E-state index is 13.7. The summed E-state index contributed by atoms with van der Waals surface area (Å²) in [5.74, 6) is 2.82. The standard InChI is InChI=1S/C28H25NO4S/c1-31-24-17-20-14-15-29(27(26-9-6-16-34-26)23(20)18-25(24)32-2)28(30)19-10-12-22(13-11-19)33-21-7-4-3-5-8-21/h3-13,16-18,27H,14-15H2,1-2H3. The molecule has 6 heteroatoms. The SMILES string of the molecule is COc1cc2c(cc1OC)C(c1cccs1)N(C(=O)c1ccc(Oc3ccccc3)cc1)CC2. The number of amides is 1. The van der Waals surface area contributed by atoms with Crippen LogP contribution >= 0.6 is 11.3 Å². The second-order valence-corrected chi connectivity index (χ2v) is 8.99. The van der Waals surface area contributed by atoms with Gasteiger partial charge in [0, 0.05) is 17.0 Å². The van der Waals surface area contributed by atoms with Gasteiger partial charge in [-0.2, -0.15) is 0 Å². The van der Waals surface area contributed by atoms with E-state index >= 15 is 0 Å². The van der Waals surface area contributed by atoms with Crippen LogP contribution in [0.15, 0.2) is 84.2 Å². The summed E-state index contributed by atoms with van der Waals surface area (Å²) in [6, 6.07) is 24.9. The van der Waals surface area contributed by atoms with Gasteiger partial charge in [-0.15, -0.1) is 11.3 Å². The number of fused-ring (bicyclic) bond motifs is 1. The van der Waals surface area contributed by atoms with Crippen molar-refractivity contribution in [1.82, 2.24) is 4.90 Å². The van der Waals surface area contributed by atoms with Crippen LogP contribution < -0.4 is 14.2 Å². The third-order valence-electron chi connectivity index (χ3n) is 6.03. The fourth-order valence-electron chi connectivity index (χ4n) is 4.37. The summed E-state index contributed by atoms with van der Waals surface area (Å²) in [6.07, 6.45) is 0.749. The first-order valence-corrected chi connectivity index (χ1v) is 12.0. The molecule has 5 nitrogen and oxygen atoms in total. The van der Waals surface area contributed by atoms with E-state index in [0.29, 0.717) is 29.4 Å². The highest BCUT2D eigenvalue weighted by atomic mass is 32.1. The molecule has 1 aromatic heterocycles. The first-order valence-electron chi connectivity index (χ1n) is 11.1. The Morgan fingerprint density at radius 2 is 1.59 bits per heavy atom. The van der Waals surface area contributed by atoms with Crippen molar-refractivity contribution in [3.05, 3.63) is 106 Å². The van der Waals surface area contributed by atoms with E-state index in [9.17, 15) is 4.79 Å². The molecule has 3 aromatic carbocycles. The van der Waals surface area contributed by atoms with Gasteiger partial charge in [0.15, 0.2) is 11.5 Å². The Morgan fingerprint density at radius 3 is 2.26 bits per heavy atom. The van der Waals surface area contributed by atoms with E-state index < -0.39 is 0 Å². The van der Waals surface area contributed by atoms with Crippen LogP contribution in [0.3, 0.4) is 0 Å². The van der Waals surface area contributed by atoms with Gasteiger partial charge in [-0.1, -0.05) is 24.3 Å². The molecule has 1 unspecified atom stereocenters. The van der Waals surface area contributed by atoms with Crippen molar-refractivity contribution in [2.24, 2.45) is 0 Å². The molecule has 0 fully saturated rings. The zero-order valence-corrected chi connectivity index (χ0v) is 19.9. The van der Waals surface area contributed by atoms with Crippen LogP contribution in [0.4, 0.5) is 0 Å². The van der Waals surface area contributed by atoms with Crippen LogP contribution in [0.2, 0.25) is 0 Å². The van der Waals surface area contributed by atoms with E-state index in [1.165, 1.54) is 5.56 Å². The second kappa shape index (κ2) is 9.61. The quantitative estimate of drug-likeness (QED) is 0.329. The molecule has 5 rings (SSSR count). The maximum Gasteiger partial charge on any atom is 0.254 e. The van der Waals surface area contributed by atoms with Gasteiger partial charge >= 0.3 is 0 Å². The molecule has 0 bridgehead atoms. The predicted molar refractivity (Wildman–Crippen MR) is 133 cm³/mol. The normalized spacial score (nSPS) is 14.9. The average molecular weight is 472 g/mol. The Kier molecular flexibility index (Phi) is 6.23. The zero-order chi connectivity index (χ0) is 23.5. The second-order valence-electron chi connectivity index (χ2n) is 8.01. The smallest absolute Gasteiger partial charge is 0.254 e. The van der Waals surface area contributed by atoms with E-state index in [2.05, 4.69) is 6.07 Å². The molecule has 0 N–H and O–H groups in total. The van der Waals surface area contributed by atoms with Gasteiger partial charge in [0.1, 0.15) is 11.5 Å². The molecule has 1 atom stereocenters. The van der Waals surface area contributed by atoms with Gasteiger partial charge < -0.3 is 19.1 Å². The first kappa shape index (κ1) is 22.0. The summed E-state index contributed by atoms with van der Waals surface area (Å²) in [5, 5.41) is 2.04. The predicted octanol–water partition coefficient (Wildman–Crippen LogP) is 6.35. The van der Waals surface area contributed by atoms with E-state index in [0.717, 1.165) is 22.6 Å². The number of methoxy groups -OCH3 is 2. The highest BCUT2D eigenvalue weighted by Gasteiger charge is 2.34. The van der Waals surface area contributed by atoms with Crippen LogP contribution in [-0.4, -0.2) is 31.6 Å². The van der Waals surface area contributed by atoms with Crippen molar-refractivity contribution < 1.29 is 19.0 Å². The third-order valence-corrected chi connectivity index (χ3v) is 6.95. The Hall–Kier alpha value is -3.77. The van der Waals surface area contributed by atoms with Gasteiger partial charge in [0.05, 0.1) is 20.3 Å². The van der Waals surface area contributed by atoms with Crippen LogP contribution in [0, 0.1) is 0 Å². The number of thiophene rings is 1. The van der Waals surface area contributed by atoms with Crippen LogP contribution in [0.1, 0.15) is 32.4 Å². The van der Waals surface area contributed by atoms with Crippen molar-refractivity contribution >= 4 is 17.2 Å². The lowest BCUT2D eigenvalue weighted by Gasteiger charge is -2.37. The van der Waals surface area contributed by atoms with E-state index in [4.69, 9.17) is 14.2 Å². The summed E-state index contributed by atoms with van der Waals surface area (Å²) in [7, 11) is 3.28. The van der Waals surface area contributed by atoms with Crippen LogP contribution in [0.5, 0.6) is 23.0 Å². The van der Waals surface area contributed by atoms with E-state index in [1.54, 1.807) is 25.6 Å². The Bertz CT molecular complexity index is 1270. The number of carbonyl (C=O) groups is 1. The largest absolute Gasteiger partial charge is 0.493 e. The van der Waals surface area contributed by atoms with Crippen molar-refractivity contribution in [3.63, 3.8) is 0 Å². The number of benzene rings is 3. The fourth-order valence-corrected chi connectivity index (χ4v) is 5.23. The molecule has 0 saturated heterocycles. The minimum Gasteiger partial charge on any atom is -0.493 e. The lowest BCUT2D eigenvalue weighted by molar-refractivity contribution is 0.0697. The number of nitrogens with zero attached hydrogens (tertiary/aromatic N) is 1. The summed E-state index contributed by atoms with van der Waals surface area (Å²) < 4.78 is 17.0. The number of carbonyl (C=O) groups excluding carboxylic acids is 1. The molecular weight excluding hydrogens is 446 g/mol. The molecular formula is C28H25NO4S. The highest BCUT2D eigenvalue weighted by molar-refractivity contribution is 7.10. The molecule has 2 heterocycles. The molecule has 172 valence electrons. The van der Waals surface area contributed by atoms with Gasteiger partial charge in [0.2, 0.25) is 0 Å². The summed E-state index contributed by atoms with van der Waals surface area (Å²) >= 11 is 1.65. The van der Waals surface area contributed by atoms with Crippen molar-refractivity contribution in [3.8, 4) is 23.0 Å². The number of hydrogen-bond donors (Lipinski definition) is 0. The maximum atomic E-state index is 13.7. The molecule has 0 radical (unpaired) electrons. The molecule has 1 aliphatic rings. The number of hydrogen-bond acceptors (Lipinski definition) is 5. The zero-order valence-electron chi connectivity index (χ0n) is 19.1.